The first-order chi connectivity index (χ1) is 13.1. The summed E-state index contributed by atoms with van der Waals surface area (Å²) >= 11 is 0. The van der Waals surface area contributed by atoms with Crippen molar-refractivity contribution in [2.45, 2.75) is 32.8 Å². The van der Waals surface area contributed by atoms with Crippen LogP contribution in [0.3, 0.4) is 0 Å². The van der Waals surface area contributed by atoms with E-state index < -0.39 is 11.5 Å². The predicted octanol–water partition coefficient (Wildman–Crippen LogP) is 3.36. The second-order valence-electron chi connectivity index (χ2n) is 7.25. The Labute approximate surface area is 162 Å². The first kappa shape index (κ1) is 19.4. The summed E-state index contributed by atoms with van der Waals surface area (Å²) in [6, 6.07) is 9.27. The Morgan fingerprint density at radius 2 is 1.89 bits per heavy atom. The van der Waals surface area contributed by atoms with Gasteiger partial charge in [-0.15, -0.1) is 0 Å². The van der Waals surface area contributed by atoms with Crippen LogP contribution in [0.1, 0.15) is 47.9 Å². The number of Topliss-reactive ketones (excluding diaryl/α,β-unsaturated/α-hetero) is 2. The molecular formula is C21H21NO6. The summed E-state index contributed by atoms with van der Waals surface area (Å²) < 4.78 is 11.2. The van der Waals surface area contributed by atoms with Crippen molar-refractivity contribution in [1.82, 2.24) is 0 Å². The van der Waals surface area contributed by atoms with Gasteiger partial charge in [-0.3, -0.25) is 14.4 Å². The number of phenolic OH excluding ortho intramolecular Hbond substituents is 1. The number of phenols is 1. The van der Waals surface area contributed by atoms with Gasteiger partial charge in [0.15, 0.2) is 18.2 Å². The second-order valence-corrected chi connectivity index (χ2v) is 7.25. The number of nitrogens with one attached hydrogen (secondary N) is 1. The van der Waals surface area contributed by atoms with Crippen molar-refractivity contribution >= 4 is 23.2 Å². The first-order valence-electron chi connectivity index (χ1n) is 8.77. The maximum Gasteiger partial charge on any atom is 0.262 e. The Morgan fingerprint density at radius 3 is 2.54 bits per heavy atom. The molecule has 2 aromatic carbocycles. The fourth-order valence-corrected chi connectivity index (χ4v) is 2.96. The fraction of sp³-hybridized carbons (Fsp3) is 0.286. The topological polar surface area (TPSA) is 102 Å². The summed E-state index contributed by atoms with van der Waals surface area (Å²) in [6.45, 7) is 4.73. The van der Waals surface area contributed by atoms with Gasteiger partial charge in [-0.2, -0.15) is 0 Å². The quantitative estimate of drug-likeness (QED) is 0.768. The molecule has 7 heteroatoms. The fourth-order valence-electron chi connectivity index (χ4n) is 2.96. The smallest absolute Gasteiger partial charge is 0.262 e. The molecule has 1 amide bonds. The van der Waals surface area contributed by atoms with Crippen LogP contribution in [0.2, 0.25) is 0 Å². The van der Waals surface area contributed by atoms with Crippen molar-refractivity contribution in [2.75, 3.05) is 11.9 Å². The third-order valence-corrected chi connectivity index (χ3v) is 4.25. The van der Waals surface area contributed by atoms with E-state index in [4.69, 9.17) is 9.47 Å². The molecule has 0 atom stereocenters. The first-order valence-corrected chi connectivity index (χ1v) is 8.77. The van der Waals surface area contributed by atoms with E-state index in [1.54, 1.807) is 38.1 Å². The highest BCUT2D eigenvalue weighted by Gasteiger charge is 2.35. The minimum atomic E-state index is -0.682. The molecule has 0 saturated carbocycles. The van der Waals surface area contributed by atoms with Crippen molar-refractivity contribution in [2.24, 2.45) is 0 Å². The van der Waals surface area contributed by atoms with E-state index in [-0.39, 0.29) is 47.4 Å². The number of ether oxygens (including phenoxy) is 2. The minimum Gasteiger partial charge on any atom is -0.507 e. The van der Waals surface area contributed by atoms with Gasteiger partial charge in [-0.1, -0.05) is 0 Å². The molecule has 0 spiro atoms. The van der Waals surface area contributed by atoms with Gasteiger partial charge in [0.05, 0.1) is 6.42 Å². The number of fused-ring (bicyclic) bond motifs is 1. The van der Waals surface area contributed by atoms with Crippen molar-refractivity contribution in [3.63, 3.8) is 0 Å². The van der Waals surface area contributed by atoms with E-state index >= 15 is 0 Å². The summed E-state index contributed by atoms with van der Waals surface area (Å²) in [5, 5.41) is 12.8. The van der Waals surface area contributed by atoms with Crippen molar-refractivity contribution in [3.8, 4) is 17.2 Å². The number of amides is 1. The summed E-state index contributed by atoms with van der Waals surface area (Å²) in [7, 11) is 0. The number of hydrogen-bond donors (Lipinski definition) is 2. The van der Waals surface area contributed by atoms with E-state index in [2.05, 4.69) is 5.32 Å². The average molecular weight is 383 g/mol. The van der Waals surface area contributed by atoms with Gasteiger partial charge >= 0.3 is 0 Å². The standard InChI is InChI=1S/C21H21NO6/c1-12(23)13-4-6-14(7-5-13)22-19(26)11-27-15-8-16(24)20-17(25)10-21(2,3)28-18(20)9-15/h4-9,24H,10-11H2,1-3H3,(H,22,26). The molecule has 28 heavy (non-hydrogen) atoms. The second kappa shape index (κ2) is 7.34. The molecule has 0 aliphatic carbocycles. The third-order valence-electron chi connectivity index (χ3n) is 4.25. The van der Waals surface area contributed by atoms with Crippen LogP contribution in [0.15, 0.2) is 36.4 Å². The highest BCUT2D eigenvalue weighted by Crippen LogP contribution is 2.40. The molecule has 0 saturated heterocycles. The van der Waals surface area contributed by atoms with Gasteiger partial charge in [0.1, 0.15) is 28.4 Å². The number of anilines is 1. The van der Waals surface area contributed by atoms with Gasteiger partial charge in [-0.05, 0) is 45.0 Å². The third kappa shape index (κ3) is 4.31. The molecule has 0 radical (unpaired) electrons. The van der Waals surface area contributed by atoms with E-state index in [0.29, 0.717) is 11.3 Å². The molecule has 2 aromatic rings. The summed E-state index contributed by atoms with van der Waals surface area (Å²) in [5.41, 5.74) is 0.527. The lowest BCUT2D eigenvalue weighted by Crippen LogP contribution is -2.35. The van der Waals surface area contributed by atoms with E-state index in [0.717, 1.165) is 0 Å². The maximum atomic E-state index is 12.2. The summed E-state index contributed by atoms with van der Waals surface area (Å²) in [4.78, 5) is 35.6. The zero-order valence-electron chi connectivity index (χ0n) is 15.9. The highest BCUT2D eigenvalue weighted by atomic mass is 16.5. The van der Waals surface area contributed by atoms with E-state index in [1.165, 1.54) is 19.1 Å². The molecule has 3 rings (SSSR count). The number of benzene rings is 2. The number of rotatable bonds is 5. The molecule has 1 aliphatic heterocycles. The largest absolute Gasteiger partial charge is 0.507 e. The van der Waals surface area contributed by atoms with E-state index in [9.17, 15) is 19.5 Å². The lowest BCUT2D eigenvalue weighted by atomic mass is 9.92. The monoisotopic (exact) mass is 383 g/mol. The lowest BCUT2D eigenvalue weighted by Gasteiger charge is -2.32. The van der Waals surface area contributed by atoms with Gasteiger partial charge < -0.3 is 19.9 Å². The van der Waals surface area contributed by atoms with Crippen LogP contribution in [0.25, 0.3) is 0 Å². The van der Waals surface area contributed by atoms with Crippen LogP contribution < -0.4 is 14.8 Å². The lowest BCUT2D eigenvalue weighted by molar-refractivity contribution is -0.118. The summed E-state index contributed by atoms with van der Waals surface area (Å²) in [6.07, 6.45) is 0.165. The Hall–Kier alpha value is -3.35. The van der Waals surface area contributed by atoms with Crippen LogP contribution in [0, 0.1) is 0 Å². The number of carbonyl (C=O) groups excluding carboxylic acids is 3. The molecule has 0 bridgehead atoms. The number of aromatic hydroxyl groups is 1. The molecule has 1 heterocycles. The van der Waals surface area contributed by atoms with Crippen LogP contribution in [-0.4, -0.2) is 34.8 Å². The SMILES string of the molecule is CC(=O)c1ccc(NC(=O)COc2cc(O)c3c(c2)OC(C)(C)CC3=O)cc1. The molecule has 1 aliphatic rings. The van der Waals surface area contributed by atoms with Crippen LogP contribution in [0.4, 0.5) is 5.69 Å². The Kier molecular flexibility index (Phi) is 5.09. The molecular weight excluding hydrogens is 362 g/mol. The van der Waals surface area contributed by atoms with Crippen molar-refractivity contribution in [3.05, 3.63) is 47.5 Å². The predicted molar refractivity (Wildman–Crippen MR) is 102 cm³/mol. The van der Waals surface area contributed by atoms with Gasteiger partial charge in [0.2, 0.25) is 0 Å². The summed E-state index contributed by atoms with van der Waals surface area (Å²) in [5.74, 6) is -0.474. The van der Waals surface area contributed by atoms with Crippen molar-refractivity contribution < 1.29 is 29.0 Å². The molecule has 2 N–H and O–H groups in total. The number of ketones is 2. The number of hydrogen-bond acceptors (Lipinski definition) is 6. The maximum absolute atomic E-state index is 12.2. The normalized spacial score (nSPS) is 14.6. The minimum absolute atomic E-state index is 0.0581. The average Bonchev–Trinajstić information content (AvgIpc) is 2.58. The van der Waals surface area contributed by atoms with Crippen LogP contribution in [-0.2, 0) is 4.79 Å². The Morgan fingerprint density at radius 1 is 1.21 bits per heavy atom. The number of carbonyl (C=O) groups is 3. The molecule has 0 unspecified atom stereocenters. The Bertz CT molecular complexity index is 946. The molecule has 0 fully saturated rings. The van der Waals surface area contributed by atoms with Crippen molar-refractivity contribution in [1.29, 1.82) is 0 Å². The van der Waals surface area contributed by atoms with Crippen LogP contribution >= 0.6 is 0 Å². The van der Waals surface area contributed by atoms with Gasteiger partial charge in [0.25, 0.3) is 5.91 Å². The molecule has 7 nitrogen and oxygen atoms in total. The van der Waals surface area contributed by atoms with Crippen LogP contribution in [0.5, 0.6) is 17.2 Å². The van der Waals surface area contributed by atoms with Gasteiger partial charge in [0, 0.05) is 23.4 Å². The molecule has 146 valence electrons. The van der Waals surface area contributed by atoms with Gasteiger partial charge in [-0.25, -0.2) is 0 Å². The molecule has 0 aromatic heterocycles. The zero-order valence-corrected chi connectivity index (χ0v) is 15.9. The Balaban J connectivity index is 1.66. The van der Waals surface area contributed by atoms with E-state index in [1.807, 2.05) is 0 Å². The highest BCUT2D eigenvalue weighted by molar-refractivity contribution is 6.03. The zero-order chi connectivity index (χ0) is 20.5.